The zero-order valence-electron chi connectivity index (χ0n) is 12.5. The molecule has 2 atom stereocenters. The maximum absolute atomic E-state index is 13.6. The van der Waals surface area contributed by atoms with E-state index in [2.05, 4.69) is 4.98 Å². The van der Waals surface area contributed by atoms with E-state index >= 15 is 0 Å². The van der Waals surface area contributed by atoms with E-state index < -0.39 is 0 Å². The van der Waals surface area contributed by atoms with Crippen molar-refractivity contribution in [3.63, 3.8) is 0 Å². The third kappa shape index (κ3) is 2.09. The van der Waals surface area contributed by atoms with Gasteiger partial charge in [-0.25, -0.2) is 4.39 Å². The molecule has 2 saturated carbocycles. The van der Waals surface area contributed by atoms with E-state index in [0.29, 0.717) is 24.4 Å². The highest BCUT2D eigenvalue weighted by Crippen LogP contribution is 2.62. The van der Waals surface area contributed by atoms with Crippen molar-refractivity contribution in [2.45, 2.75) is 25.7 Å². The van der Waals surface area contributed by atoms with Crippen molar-refractivity contribution < 1.29 is 13.9 Å². The molecule has 4 heteroatoms. The Bertz CT molecular complexity index is 733. The highest BCUT2D eigenvalue weighted by Gasteiger charge is 2.60. The molecule has 22 heavy (non-hydrogen) atoms. The number of hydrogen-bond acceptors (Lipinski definition) is 3. The summed E-state index contributed by atoms with van der Waals surface area (Å²) in [6, 6.07) is 6.74. The Labute approximate surface area is 128 Å². The summed E-state index contributed by atoms with van der Waals surface area (Å²) < 4.78 is 18.7. The van der Waals surface area contributed by atoms with E-state index in [1.807, 2.05) is 13.0 Å². The van der Waals surface area contributed by atoms with Crippen LogP contribution in [-0.2, 0) is 9.53 Å². The second-order valence-electron chi connectivity index (χ2n) is 6.34. The summed E-state index contributed by atoms with van der Waals surface area (Å²) in [4.78, 5) is 16.1. The van der Waals surface area contributed by atoms with Crippen molar-refractivity contribution in [2.24, 2.45) is 17.8 Å². The highest BCUT2D eigenvalue weighted by molar-refractivity contribution is 5.83. The summed E-state index contributed by atoms with van der Waals surface area (Å²) in [6.07, 6.45) is 3.77. The summed E-state index contributed by atoms with van der Waals surface area (Å²) in [7, 11) is 0. The molecule has 0 saturated heterocycles. The van der Waals surface area contributed by atoms with E-state index in [9.17, 15) is 9.18 Å². The molecule has 2 unspecified atom stereocenters. The van der Waals surface area contributed by atoms with Crippen molar-refractivity contribution in [1.29, 1.82) is 0 Å². The Hall–Kier alpha value is -1.97. The van der Waals surface area contributed by atoms with Gasteiger partial charge in [0, 0.05) is 11.6 Å². The van der Waals surface area contributed by atoms with Gasteiger partial charge in [-0.15, -0.1) is 0 Å². The third-order valence-corrected chi connectivity index (χ3v) is 5.18. The van der Waals surface area contributed by atoms with E-state index in [0.717, 1.165) is 23.7 Å². The molecule has 2 aliphatic carbocycles. The molecule has 0 radical (unpaired) electrons. The van der Waals surface area contributed by atoms with Gasteiger partial charge >= 0.3 is 5.97 Å². The number of nitrogens with zero attached hydrogens (tertiary/aromatic N) is 1. The van der Waals surface area contributed by atoms with E-state index in [-0.39, 0.29) is 17.7 Å². The number of esters is 1. The molecule has 1 heterocycles. The van der Waals surface area contributed by atoms with Crippen LogP contribution in [0.5, 0.6) is 0 Å². The van der Waals surface area contributed by atoms with Crippen LogP contribution >= 0.6 is 0 Å². The highest BCUT2D eigenvalue weighted by atomic mass is 19.1. The average molecular weight is 299 g/mol. The first-order valence-corrected chi connectivity index (χ1v) is 7.90. The minimum atomic E-state index is -0.227. The lowest BCUT2D eigenvalue weighted by Gasteiger charge is -2.16. The Morgan fingerprint density at radius 3 is 2.82 bits per heavy atom. The van der Waals surface area contributed by atoms with E-state index in [1.165, 1.54) is 11.6 Å². The number of carbonyl (C=O) groups is 1. The van der Waals surface area contributed by atoms with Gasteiger partial charge in [-0.05, 0) is 67.3 Å². The largest absolute Gasteiger partial charge is 0.466 e. The fourth-order valence-corrected chi connectivity index (χ4v) is 4.18. The van der Waals surface area contributed by atoms with Crippen LogP contribution in [0.15, 0.2) is 30.5 Å². The lowest BCUT2D eigenvalue weighted by atomic mass is 9.90. The maximum atomic E-state index is 13.6. The monoisotopic (exact) mass is 299 g/mol. The van der Waals surface area contributed by atoms with Crippen LogP contribution in [0.25, 0.3) is 10.9 Å². The molecular formula is C18H18FNO2. The van der Waals surface area contributed by atoms with Crippen LogP contribution in [-0.4, -0.2) is 17.6 Å². The summed E-state index contributed by atoms with van der Waals surface area (Å²) in [5.74, 6) is 1.12. The van der Waals surface area contributed by atoms with Crippen molar-refractivity contribution in [2.75, 3.05) is 6.61 Å². The van der Waals surface area contributed by atoms with Crippen LogP contribution in [0.2, 0.25) is 0 Å². The van der Waals surface area contributed by atoms with Crippen LogP contribution in [0.1, 0.15) is 31.2 Å². The van der Waals surface area contributed by atoms with Crippen LogP contribution in [0, 0.1) is 23.6 Å². The van der Waals surface area contributed by atoms with Crippen LogP contribution in [0.4, 0.5) is 4.39 Å². The number of fused-ring (bicyclic) bond motifs is 2. The molecular weight excluding hydrogens is 281 g/mol. The molecule has 2 aliphatic rings. The first kappa shape index (κ1) is 13.7. The van der Waals surface area contributed by atoms with Gasteiger partial charge in [0.15, 0.2) is 0 Å². The Kier molecular flexibility index (Phi) is 3.13. The quantitative estimate of drug-likeness (QED) is 0.812. The van der Waals surface area contributed by atoms with Crippen molar-refractivity contribution in [1.82, 2.24) is 4.98 Å². The standard InChI is InChI=1S/C18H18FNO2/c1-2-22-18(21)17-14-7-10(8-15(14)17)12-5-6-20-16-4-3-11(19)9-13(12)16/h3-6,9-10,14-15,17H,2,7-8H2,1H3. The summed E-state index contributed by atoms with van der Waals surface area (Å²) in [6.45, 7) is 2.29. The first-order chi connectivity index (χ1) is 10.7. The van der Waals surface area contributed by atoms with Crippen molar-refractivity contribution >= 4 is 16.9 Å². The Morgan fingerprint density at radius 1 is 1.32 bits per heavy atom. The number of hydrogen-bond donors (Lipinski definition) is 0. The number of benzene rings is 1. The lowest BCUT2D eigenvalue weighted by Crippen LogP contribution is -2.12. The summed E-state index contributed by atoms with van der Waals surface area (Å²) in [5, 5.41) is 0.904. The molecule has 1 aromatic heterocycles. The maximum Gasteiger partial charge on any atom is 0.309 e. The fraction of sp³-hybridized carbons (Fsp3) is 0.444. The molecule has 3 nitrogen and oxygen atoms in total. The molecule has 4 rings (SSSR count). The molecule has 0 N–H and O–H groups in total. The number of pyridine rings is 1. The number of carbonyl (C=O) groups excluding carboxylic acids is 1. The number of ether oxygens (including phenoxy) is 1. The van der Waals surface area contributed by atoms with Gasteiger partial charge < -0.3 is 4.74 Å². The molecule has 0 aliphatic heterocycles. The molecule has 0 amide bonds. The van der Waals surface area contributed by atoms with Crippen LogP contribution < -0.4 is 0 Å². The molecule has 2 fully saturated rings. The summed E-state index contributed by atoms with van der Waals surface area (Å²) >= 11 is 0. The average Bonchev–Trinajstić information content (AvgIpc) is 3.02. The lowest BCUT2D eigenvalue weighted by molar-refractivity contribution is -0.145. The predicted molar refractivity (Wildman–Crippen MR) is 80.8 cm³/mol. The van der Waals surface area contributed by atoms with Gasteiger partial charge in [0.05, 0.1) is 18.0 Å². The zero-order chi connectivity index (χ0) is 15.3. The molecule has 0 spiro atoms. The molecule has 0 bridgehead atoms. The van der Waals surface area contributed by atoms with Crippen LogP contribution in [0.3, 0.4) is 0 Å². The zero-order valence-corrected chi connectivity index (χ0v) is 12.5. The van der Waals surface area contributed by atoms with Gasteiger partial charge in [-0.2, -0.15) is 0 Å². The minimum Gasteiger partial charge on any atom is -0.466 e. The minimum absolute atomic E-state index is 0.0402. The van der Waals surface area contributed by atoms with Crippen molar-refractivity contribution in [3.8, 4) is 0 Å². The first-order valence-electron chi connectivity index (χ1n) is 7.90. The van der Waals surface area contributed by atoms with E-state index in [4.69, 9.17) is 4.74 Å². The van der Waals surface area contributed by atoms with Gasteiger partial charge in [-0.3, -0.25) is 9.78 Å². The molecule has 2 aromatic rings. The second kappa shape index (κ2) is 5.04. The number of aromatic nitrogens is 1. The third-order valence-electron chi connectivity index (χ3n) is 5.18. The summed E-state index contributed by atoms with van der Waals surface area (Å²) in [5.41, 5.74) is 2.00. The number of rotatable bonds is 3. The fourth-order valence-electron chi connectivity index (χ4n) is 4.18. The molecule has 114 valence electrons. The van der Waals surface area contributed by atoms with Gasteiger partial charge in [-0.1, -0.05) is 0 Å². The Morgan fingerprint density at radius 2 is 2.09 bits per heavy atom. The normalized spacial score (nSPS) is 29.4. The molecule has 1 aromatic carbocycles. The number of halogens is 1. The topological polar surface area (TPSA) is 39.2 Å². The SMILES string of the molecule is CCOC(=O)C1C2CC(c3ccnc4ccc(F)cc34)CC21. The Balaban J connectivity index is 1.57. The predicted octanol–water partition coefficient (Wildman–Crippen LogP) is 3.68. The van der Waals surface area contributed by atoms with E-state index in [1.54, 1.807) is 18.3 Å². The van der Waals surface area contributed by atoms with Gasteiger partial charge in [0.2, 0.25) is 0 Å². The smallest absolute Gasteiger partial charge is 0.309 e. The second-order valence-corrected chi connectivity index (χ2v) is 6.34. The van der Waals surface area contributed by atoms with Gasteiger partial charge in [0.25, 0.3) is 0 Å². The van der Waals surface area contributed by atoms with Crippen molar-refractivity contribution in [3.05, 3.63) is 41.8 Å². The van der Waals surface area contributed by atoms with Gasteiger partial charge in [0.1, 0.15) is 5.82 Å².